The number of fused-ring (bicyclic) bond motifs is 1. The van der Waals surface area contributed by atoms with E-state index in [-0.39, 0.29) is 0 Å². The lowest BCUT2D eigenvalue weighted by Gasteiger charge is -2.37. The Labute approximate surface area is 135 Å². The molecule has 0 bridgehead atoms. The van der Waals surface area contributed by atoms with Crippen LogP contribution in [0.2, 0.25) is 5.02 Å². The highest BCUT2D eigenvalue weighted by Crippen LogP contribution is 2.37. The molecule has 1 aromatic carbocycles. The summed E-state index contributed by atoms with van der Waals surface area (Å²) in [5.74, 6) is 2.37. The van der Waals surface area contributed by atoms with E-state index in [0.29, 0.717) is 12.0 Å². The molecule has 1 unspecified atom stereocenters. The fourth-order valence-electron chi connectivity index (χ4n) is 3.32. The van der Waals surface area contributed by atoms with E-state index in [4.69, 9.17) is 11.6 Å². The molecule has 22 heavy (non-hydrogen) atoms. The van der Waals surface area contributed by atoms with Gasteiger partial charge in [-0.1, -0.05) is 30.2 Å². The molecular formula is C17H19ClN4. The molecule has 4 rings (SSSR count). The van der Waals surface area contributed by atoms with Gasteiger partial charge in [-0.15, -0.1) is 0 Å². The van der Waals surface area contributed by atoms with E-state index in [9.17, 15) is 0 Å². The minimum absolute atomic E-state index is 0.365. The molecule has 2 aliphatic rings. The van der Waals surface area contributed by atoms with Crippen LogP contribution in [0.3, 0.4) is 0 Å². The first kappa shape index (κ1) is 13.8. The lowest BCUT2D eigenvalue weighted by atomic mass is 9.76. The topological polar surface area (TPSA) is 42.7 Å². The van der Waals surface area contributed by atoms with Gasteiger partial charge in [0.15, 0.2) is 0 Å². The molecule has 0 saturated heterocycles. The normalized spacial score (nSPS) is 20.8. The van der Waals surface area contributed by atoms with Crippen molar-refractivity contribution in [3.8, 4) is 0 Å². The number of anilines is 1. The van der Waals surface area contributed by atoms with E-state index < -0.39 is 0 Å². The lowest BCUT2D eigenvalue weighted by molar-refractivity contribution is 0.289. The number of halogens is 1. The van der Waals surface area contributed by atoms with Gasteiger partial charge in [0, 0.05) is 11.2 Å². The van der Waals surface area contributed by atoms with Crippen LogP contribution in [0.25, 0.3) is 6.20 Å². The number of hydrogen-bond donors (Lipinski definition) is 1. The molecule has 4 nitrogen and oxygen atoms in total. The maximum absolute atomic E-state index is 6.12. The van der Waals surface area contributed by atoms with E-state index in [2.05, 4.69) is 27.7 Å². The molecule has 5 heteroatoms. The Hall–Kier alpha value is -1.81. The number of aromatic nitrogens is 3. The Morgan fingerprint density at radius 2 is 2.23 bits per heavy atom. The first-order valence-corrected chi connectivity index (χ1v) is 8.21. The highest BCUT2D eigenvalue weighted by molar-refractivity contribution is 6.30. The molecule has 1 fully saturated rings. The van der Waals surface area contributed by atoms with Crippen molar-refractivity contribution in [2.75, 3.05) is 5.32 Å². The SMILES string of the molecule is Cc1nc2n(n1)C=C(Cc1cccc(Cl)c1)C(C1CCC1)N2. The molecule has 1 saturated carbocycles. The van der Waals surface area contributed by atoms with Crippen molar-refractivity contribution in [3.63, 3.8) is 0 Å². The third-order valence-corrected chi connectivity index (χ3v) is 4.86. The zero-order chi connectivity index (χ0) is 15.1. The fourth-order valence-corrected chi connectivity index (χ4v) is 3.53. The zero-order valence-corrected chi connectivity index (χ0v) is 13.3. The van der Waals surface area contributed by atoms with Crippen LogP contribution in [-0.2, 0) is 6.42 Å². The Morgan fingerprint density at radius 1 is 1.36 bits per heavy atom. The third kappa shape index (κ3) is 2.52. The van der Waals surface area contributed by atoms with Crippen LogP contribution < -0.4 is 5.32 Å². The molecule has 114 valence electrons. The maximum Gasteiger partial charge on any atom is 0.226 e. The van der Waals surface area contributed by atoms with Gasteiger partial charge < -0.3 is 5.32 Å². The monoisotopic (exact) mass is 314 g/mol. The van der Waals surface area contributed by atoms with Gasteiger partial charge in [0.1, 0.15) is 5.82 Å². The van der Waals surface area contributed by atoms with Gasteiger partial charge in [0.05, 0.1) is 6.04 Å². The Bertz CT molecular complexity index is 730. The molecule has 0 amide bonds. The van der Waals surface area contributed by atoms with Crippen LogP contribution in [-0.4, -0.2) is 20.8 Å². The second-order valence-corrected chi connectivity index (χ2v) is 6.69. The predicted molar refractivity (Wildman–Crippen MR) is 88.9 cm³/mol. The quantitative estimate of drug-likeness (QED) is 0.933. The maximum atomic E-state index is 6.12. The summed E-state index contributed by atoms with van der Waals surface area (Å²) in [7, 11) is 0. The average Bonchev–Trinajstić information content (AvgIpc) is 2.76. The number of aryl methyl sites for hydroxylation is 1. The summed E-state index contributed by atoms with van der Waals surface area (Å²) < 4.78 is 1.87. The van der Waals surface area contributed by atoms with Crippen molar-refractivity contribution in [2.45, 2.75) is 38.6 Å². The minimum Gasteiger partial charge on any atom is -0.347 e. The summed E-state index contributed by atoms with van der Waals surface area (Å²) >= 11 is 6.12. The molecule has 1 atom stereocenters. The van der Waals surface area contributed by atoms with E-state index in [1.54, 1.807) is 0 Å². The van der Waals surface area contributed by atoms with Gasteiger partial charge in [-0.25, -0.2) is 4.68 Å². The van der Waals surface area contributed by atoms with Gasteiger partial charge in [0.25, 0.3) is 0 Å². The van der Waals surface area contributed by atoms with Crippen molar-refractivity contribution >= 4 is 23.7 Å². The second-order valence-electron chi connectivity index (χ2n) is 6.25. The molecule has 2 aromatic rings. The smallest absolute Gasteiger partial charge is 0.226 e. The van der Waals surface area contributed by atoms with Crippen LogP contribution in [0.4, 0.5) is 5.95 Å². The summed E-state index contributed by atoms with van der Waals surface area (Å²) in [5, 5.41) is 8.82. The van der Waals surface area contributed by atoms with Crippen LogP contribution in [0.1, 0.15) is 30.7 Å². The Kier molecular flexibility index (Phi) is 3.41. The number of nitrogens with one attached hydrogen (secondary N) is 1. The van der Waals surface area contributed by atoms with Crippen molar-refractivity contribution in [2.24, 2.45) is 5.92 Å². The molecule has 1 N–H and O–H groups in total. The van der Waals surface area contributed by atoms with Gasteiger partial charge in [-0.05, 0) is 55.4 Å². The standard InChI is InChI=1S/C17H19ClN4/c1-11-19-17-20-16(13-5-3-6-13)14(10-22(17)21-11)8-12-4-2-7-15(18)9-12/h2,4,7,9-10,13,16H,3,5-6,8H2,1H3,(H,19,20,21). The number of benzene rings is 1. The van der Waals surface area contributed by atoms with Crippen LogP contribution in [0, 0.1) is 12.8 Å². The van der Waals surface area contributed by atoms with Gasteiger partial charge >= 0.3 is 0 Å². The average molecular weight is 315 g/mol. The van der Waals surface area contributed by atoms with Crippen molar-refractivity contribution in [1.29, 1.82) is 0 Å². The van der Waals surface area contributed by atoms with Gasteiger partial charge in [-0.2, -0.15) is 10.1 Å². The molecular weight excluding hydrogens is 296 g/mol. The van der Waals surface area contributed by atoms with Crippen molar-refractivity contribution in [3.05, 3.63) is 46.2 Å². The van der Waals surface area contributed by atoms with Crippen LogP contribution in [0.15, 0.2) is 29.8 Å². The summed E-state index contributed by atoms with van der Waals surface area (Å²) in [4.78, 5) is 4.47. The van der Waals surface area contributed by atoms with E-state index >= 15 is 0 Å². The fraction of sp³-hybridized carbons (Fsp3) is 0.412. The zero-order valence-electron chi connectivity index (χ0n) is 12.6. The highest BCUT2D eigenvalue weighted by Gasteiger charge is 2.33. The second kappa shape index (κ2) is 5.43. The van der Waals surface area contributed by atoms with Crippen molar-refractivity contribution in [1.82, 2.24) is 14.8 Å². The molecule has 0 radical (unpaired) electrons. The highest BCUT2D eigenvalue weighted by atomic mass is 35.5. The molecule has 0 spiro atoms. The lowest BCUT2D eigenvalue weighted by Crippen LogP contribution is -2.38. The third-order valence-electron chi connectivity index (χ3n) is 4.63. The first-order chi connectivity index (χ1) is 10.7. The Morgan fingerprint density at radius 3 is 2.95 bits per heavy atom. The summed E-state index contributed by atoms with van der Waals surface area (Å²) in [6.45, 7) is 1.93. The van der Waals surface area contributed by atoms with Crippen molar-refractivity contribution < 1.29 is 0 Å². The first-order valence-electron chi connectivity index (χ1n) is 7.84. The summed E-state index contributed by atoms with van der Waals surface area (Å²) in [6, 6.07) is 8.47. The van der Waals surface area contributed by atoms with E-state index in [1.807, 2.05) is 29.8 Å². The summed E-state index contributed by atoms with van der Waals surface area (Å²) in [6.07, 6.45) is 6.96. The largest absolute Gasteiger partial charge is 0.347 e. The number of nitrogens with zero attached hydrogens (tertiary/aromatic N) is 3. The van der Waals surface area contributed by atoms with Crippen LogP contribution >= 0.6 is 11.6 Å². The van der Waals surface area contributed by atoms with Crippen LogP contribution in [0.5, 0.6) is 0 Å². The molecule has 1 aliphatic carbocycles. The summed E-state index contributed by atoms with van der Waals surface area (Å²) in [5.41, 5.74) is 2.61. The molecule has 2 heterocycles. The minimum atomic E-state index is 0.365. The van der Waals surface area contributed by atoms with E-state index in [1.165, 1.54) is 30.4 Å². The molecule has 1 aromatic heterocycles. The molecule has 1 aliphatic heterocycles. The number of hydrogen-bond acceptors (Lipinski definition) is 3. The Balaban J connectivity index is 1.67. The van der Waals surface area contributed by atoms with E-state index in [0.717, 1.165) is 23.2 Å². The predicted octanol–water partition coefficient (Wildman–Crippen LogP) is 3.92. The van der Waals surface area contributed by atoms with Gasteiger partial charge in [0.2, 0.25) is 5.95 Å². The number of rotatable bonds is 3. The van der Waals surface area contributed by atoms with Gasteiger partial charge in [-0.3, -0.25) is 0 Å².